The number of nitrogens with zero attached hydrogens (tertiary/aromatic N) is 3. The minimum atomic E-state index is 0.0456. The maximum Gasteiger partial charge on any atom is 0.267 e. The van der Waals surface area contributed by atoms with Crippen molar-refractivity contribution in [1.29, 1.82) is 0 Å². The molecule has 0 spiro atoms. The number of thiazole rings is 1. The first-order valence-corrected chi connectivity index (χ1v) is 8.52. The zero-order valence-electron chi connectivity index (χ0n) is 13.4. The molecule has 2 heterocycles. The van der Waals surface area contributed by atoms with Gasteiger partial charge < -0.3 is 15.5 Å². The molecule has 2 rings (SSSR count). The lowest BCUT2D eigenvalue weighted by Crippen LogP contribution is -2.29. The van der Waals surface area contributed by atoms with E-state index in [4.69, 9.17) is 5.73 Å². The van der Waals surface area contributed by atoms with Crippen molar-refractivity contribution in [3.63, 3.8) is 0 Å². The minimum absolute atomic E-state index is 0.0456. The van der Waals surface area contributed by atoms with Crippen LogP contribution in [0.1, 0.15) is 43.3 Å². The van der Waals surface area contributed by atoms with Gasteiger partial charge in [-0.3, -0.25) is 4.79 Å². The van der Waals surface area contributed by atoms with Gasteiger partial charge in [0.2, 0.25) is 0 Å². The number of nitrogens with two attached hydrogens (primary N) is 1. The van der Waals surface area contributed by atoms with Gasteiger partial charge in [-0.15, -0.1) is 0 Å². The molecule has 1 unspecified atom stereocenters. The van der Waals surface area contributed by atoms with Crippen molar-refractivity contribution in [1.82, 2.24) is 9.88 Å². The van der Waals surface area contributed by atoms with E-state index in [2.05, 4.69) is 30.7 Å². The largest absolute Gasteiger partial charge is 0.382 e. The van der Waals surface area contributed by atoms with Crippen molar-refractivity contribution >= 4 is 28.2 Å². The Labute approximate surface area is 131 Å². The number of hydrogen-bond acceptors (Lipinski definition) is 5. The molecule has 1 amide bonds. The van der Waals surface area contributed by atoms with E-state index in [1.165, 1.54) is 11.3 Å². The number of rotatable bonds is 5. The molecule has 1 saturated heterocycles. The van der Waals surface area contributed by atoms with Crippen molar-refractivity contribution in [2.24, 2.45) is 11.8 Å². The molecule has 1 aromatic rings. The van der Waals surface area contributed by atoms with Crippen LogP contribution < -0.4 is 10.6 Å². The standard InChI is InChI=1S/C15H26N4OS/c1-5-7-18(4)15-17-13(16)12(21-15)14(20)19-8-6-11(9-19)10(2)3/h10-11H,5-9,16H2,1-4H3. The van der Waals surface area contributed by atoms with E-state index in [1.807, 2.05) is 11.9 Å². The fourth-order valence-corrected chi connectivity index (χ4v) is 3.67. The van der Waals surface area contributed by atoms with Crippen molar-refractivity contribution < 1.29 is 4.79 Å². The quantitative estimate of drug-likeness (QED) is 0.908. The summed E-state index contributed by atoms with van der Waals surface area (Å²) >= 11 is 1.41. The van der Waals surface area contributed by atoms with Crippen LogP contribution in [-0.2, 0) is 0 Å². The van der Waals surface area contributed by atoms with E-state index in [-0.39, 0.29) is 5.91 Å². The maximum atomic E-state index is 12.6. The topological polar surface area (TPSA) is 62.5 Å². The molecule has 1 aromatic heterocycles. The van der Waals surface area contributed by atoms with Gasteiger partial charge in [0.05, 0.1) is 0 Å². The lowest BCUT2D eigenvalue weighted by Gasteiger charge is -2.17. The van der Waals surface area contributed by atoms with Crippen LogP contribution in [0.5, 0.6) is 0 Å². The minimum Gasteiger partial charge on any atom is -0.382 e. The number of likely N-dealkylation sites (tertiary alicyclic amines) is 1. The number of anilines is 2. The maximum absolute atomic E-state index is 12.6. The van der Waals surface area contributed by atoms with Crippen LogP contribution in [0.2, 0.25) is 0 Å². The van der Waals surface area contributed by atoms with Crippen molar-refractivity contribution in [2.45, 2.75) is 33.6 Å². The Kier molecular flexibility index (Phi) is 5.08. The lowest BCUT2D eigenvalue weighted by molar-refractivity contribution is 0.0789. The average Bonchev–Trinajstić information content (AvgIpc) is 3.05. The van der Waals surface area contributed by atoms with Gasteiger partial charge in [-0.2, -0.15) is 0 Å². The van der Waals surface area contributed by atoms with Crippen LogP contribution in [0.15, 0.2) is 0 Å². The average molecular weight is 310 g/mol. The van der Waals surface area contributed by atoms with Crippen LogP contribution >= 0.6 is 11.3 Å². The first-order chi connectivity index (χ1) is 9.93. The second kappa shape index (κ2) is 6.64. The van der Waals surface area contributed by atoms with E-state index in [9.17, 15) is 4.79 Å². The first-order valence-electron chi connectivity index (χ1n) is 7.70. The second-order valence-corrected chi connectivity index (χ2v) is 7.15. The molecule has 118 valence electrons. The van der Waals surface area contributed by atoms with E-state index in [0.29, 0.717) is 22.5 Å². The van der Waals surface area contributed by atoms with Gasteiger partial charge in [0, 0.05) is 26.7 Å². The van der Waals surface area contributed by atoms with Crippen LogP contribution in [0.3, 0.4) is 0 Å². The molecule has 1 aliphatic heterocycles. The Balaban J connectivity index is 2.10. The first kappa shape index (κ1) is 16.1. The van der Waals surface area contributed by atoms with E-state index in [1.54, 1.807) is 0 Å². The Bertz CT molecular complexity index is 500. The van der Waals surface area contributed by atoms with Crippen molar-refractivity contribution in [3.8, 4) is 0 Å². The van der Waals surface area contributed by atoms with E-state index < -0.39 is 0 Å². The summed E-state index contributed by atoms with van der Waals surface area (Å²) in [6.45, 7) is 9.15. The Morgan fingerprint density at radius 1 is 1.57 bits per heavy atom. The summed E-state index contributed by atoms with van der Waals surface area (Å²) in [4.78, 5) is 21.6. The molecule has 2 N–H and O–H groups in total. The number of aromatic nitrogens is 1. The number of hydrogen-bond donors (Lipinski definition) is 1. The summed E-state index contributed by atoms with van der Waals surface area (Å²) < 4.78 is 0. The number of amides is 1. The van der Waals surface area contributed by atoms with Crippen LogP contribution in [0.4, 0.5) is 10.9 Å². The Hall–Kier alpha value is -1.30. The Morgan fingerprint density at radius 3 is 2.86 bits per heavy atom. The van der Waals surface area contributed by atoms with Crippen molar-refractivity contribution in [3.05, 3.63) is 4.88 Å². The van der Waals surface area contributed by atoms with Gasteiger partial charge in [0.25, 0.3) is 5.91 Å². The number of nitrogen functional groups attached to an aromatic ring is 1. The van der Waals surface area contributed by atoms with Crippen LogP contribution in [-0.4, -0.2) is 42.5 Å². The SMILES string of the molecule is CCCN(C)c1nc(N)c(C(=O)N2CCC(C(C)C)C2)s1. The van der Waals surface area contributed by atoms with Gasteiger partial charge >= 0.3 is 0 Å². The van der Waals surface area contributed by atoms with Gasteiger partial charge in [0.1, 0.15) is 10.7 Å². The third-order valence-electron chi connectivity index (χ3n) is 4.18. The zero-order valence-corrected chi connectivity index (χ0v) is 14.2. The number of carbonyl (C=O) groups is 1. The molecule has 5 nitrogen and oxygen atoms in total. The van der Waals surface area contributed by atoms with Gasteiger partial charge in [-0.05, 0) is 24.7 Å². The molecule has 1 atom stereocenters. The van der Waals surface area contributed by atoms with Crippen molar-refractivity contribution in [2.75, 3.05) is 37.3 Å². The monoisotopic (exact) mass is 310 g/mol. The summed E-state index contributed by atoms with van der Waals surface area (Å²) in [7, 11) is 1.99. The second-order valence-electron chi connectivity index (χ2n) is 6.18. The highest BCUT2D eigenvalue weighted by atomic mass is 32.1. The molecule has 6 heteroatoms. The molecule has 0 aliphatic carbocycles. The van der Waals surface area contributed by atoms with E-state index >= 15 is 0 Å². The highest BCUT2D eigenvalue weighted by molar-refractivity contribution is 7.18. The van der Waals surface area contributed by atoms with Crippen LogP contribution in [0.25, 0.3) is 0 Å². The summed E-state index contributed by atoms with van der Waals surface area (Å²) in [5.41, 5.74) is 5.96. The zero-order chi connectivity index (χ0) is 15.6. The summed E-state index contributed by atoms with van der Waals surface area (Å²) in [5.74, 6) is 1.64. The molecule has 0 radical (unpaired) electrons. The predicted molar refractivity (Wildman–Crippen MR) is 88.9 cm³/mol. The molecular formula is C15H26N4OS. The van der Waals surface area contributed by atoms with Gasteiger partial charge in [0.15, 0.2) is 5.13 Å². The fraction of sp³-hybridized carbons (Fsp3) is 0.733. The molecule has 0 saturated carbocycles. The summed E-state index contributed by atoms with van der Waals surface area (Å²) in [6, 6.07) is 0. The predicted octanol–water partition coefficient (Wildman–Crippen LogP) is 2.69. The lowest BCUT2D eigenvalue weighted by atomic mass is 9.95. The summed E-state index contributed by atoms with van der Waals surface area (Å²) in [6.07, 6.45) is 2.13. The summed E-state index contributed by atoms with van der Waals surface area (Å²) in [5, 5.41) is 0.831. The smallest absolute Gasteiger partial charge is 0.267 e. The van der Waals surface area contributed by atoms with Gasteiger partial charge in [-0.1, -0.05) is 32.1 Å². The molecule has 1 aliphatic rings. The molecule has 21 heavy (non-hydrogen) atoms. The highest BCUT2D eigenvalue weighted by Gasteiger charge is 2.31. The van der Waals surface area contributed by atoms with Crippen LogP contribution in [0, 0.1) is 11.8 Å². The molecular weight excluding hydrogens is 284 g/mol. The molecule has 1 fully saturated rings. The van der Waals surface area contributed by atoms with Gasteiger partial charge in [-0.25, -0.2) is 4.98 Å². The molecule has 0 bridgehead atoms. The normalized spacial score (nSPS) is 18.5. The third-order valence-corrected chi connectivity index (χ3v) is 5.35. The fourth-order valence-electron chi connectivity index (χ4n) is 2.73. The number of carbonyl (C=O) groups excluding carboxylic acids is 1. The highest BCUT2D eigenvalue weighted by Crippen LogP contribution is 2.31. The van der Waals surface area contributed by atoms with E-state index in [0.717, 1.165) is 37.6 Å². The third kappa shape index (κ3) is 3.48. The Morgan fingerprint density at radius 2 is 2.29 bits per heavy atom. The molecule has 0 aromatic carbocycles.